The normalized spacial score (nSPS) is 25.9. The van der Waals surface area contributed by atoms with Gasteiger partial charge in [-0.3, -0.25) is 29.3 Å². The van der Waals surface area contributed by atoms with Crippen molar-refractivity contribution >= 4 is 39.9 Å². The second-order valence-electron chi connectivity index (χ2n) is 14.7. The molecule has 294 valence electrons. The quantitative estimate of drug-likeness (QED) is 0.121. The Morgan fingerprint density at radius 2 is 1.81 bits per heavy atom. The first-order valence-corrected chi connectivity index (χ1v) is 19.7. The van der Waals surface area contributed by atoms with Crippen molar-refractivity contribution in [2.24, 2.45) is 5.92 Å². The van der Waals surface area contributed by atoms with Crippen LogP contribution in [0.2, 0.25) is 0 Å². The molecular weight excluding hydrogens is 727 g/mol. The number of aliphatic hydroxyl groups is 1. The number of rotatable bonds is 14. The fraction of sp³-hybridized carbons (Fsp3) is 0.583. The summed E-state index contributed by atoms with van der Waals surface area (Å²) in [6.07, 6.45) is 1.72. The molecule has 1 saturated heterocycles. The van der Waals surface area contributed by atoms with Crippen molar-refractivity contribution in [1.82, 2.24) is 30.1 Å². The third kappa shape index (κ3) is 8.39. The number of carbonyl (C=O) groups is 5. The fourth-order valence-electron chi connectivity index (χ4n) is 7.54. The van der Waals surface area contributed by atoms with Crippen molar-refractivity contribution < 1.29 is 51.4 Å². The molecule has 4 fully saturated rings. The summed E-state index contributed by atoms with van der Waals surface area (Å²) >= 11 is 0. The van der Waals surface area contributed by atoms with Crippen molar-refractivity contribution in [3.05, 3.63) is 60.5 Å². The van der Waals surface area contributed by atoms with E-state index in [1.807, 2.05) is 0 Å². The molecule has 0 radical (unpaired) electrons. The standard InChI is InChI=1S/C36H47FN6O10S/c1-4-22-16-36(22,33(47)40-54(50,51)25-13-14-25)39-31(45)29-15-24(53-35(49)42-17-21-9-8-12-27(37)26(21)19-42)18-43(29)32(46)28(20-41(3)30(44)5-2)38-34(48)52-23-10-6-7-11-23/h4-5,8-9,12,22-25,28-29,31,39,45H,1-2,6-7,10-11,13-20H2,3H3,(H,38,48)(H,40,47)/t22-,24-,28+,29?,31?,36-/m1/s1. The van der Waals surface area contributed by atoms with E-state index in [1.165, 1.54) is 33.9 Å². The summed E-state index contributed by atoms with van der Waals surface area (Å²) < 4.78 is 53.3. The number of benzene rings is 1. The van der Waals surface area contributed by atoms with E-state index in [9.17, 15) is 41.9 Å². The molecule has 6 atom stereocenters. The molecule has 3 aliphatic carbocycles. The molecule has 6 rings (SSSR count). The summed E-state index contributed by atoms with van der Waals surface area (Å²) in [5.41, 5.74) is -0.588. The molecule has 2 aliphatic heterocycles. The fourth-order valence-corrected chi connectivity index (χ4v) is 8.90. The Hall–Kier alpha value is -4.55. The van der Waals surface area contributed by atoms with Crippen molar-refractivity contribution in [3.8, 4) is 0 Å². The number of alkyl carbamates (subject to hydrolysis) is 1. The minimum atomic E-state index is -3.94. The van der Waals surface area contributed by atoms with Crippen LogP contribution in [-0.2, 0) is 47.0 Å². The maximum atomic E-state index is 14.4. The largest absolute Gasteiger partial charge is 0.446 e. The zero-order valence-electron chi connectivity index (χ0n) is 30.1. The molecule has 0 aromatic heterocycles. The van der Waals surface area contributed by atoms with Gasteiger partial charge in [0.2, 0.25) is 21.8 Å². The summed E-state index contributed by atoms with van der Waals surface area (Å²) in [6.45, 7) is 6.69. The number of likely N-dealkylation sites (N-methyl/N-ethyl adjacent to an activating group) is 1. The zero-order chi connectivity index (χ0) is 38.9. The molecule has 3 saturated carbocycles. The Balaban J connectivity index is 1.23. The summed E-state index contributed by atoms with van der Waals surface area (Å²) in [6, 6.07) is 1.97. The first-order valence-electron chi connectivity index (χ1n) is 18.2. The molecule has 54 heavy (non-hydrogen) atoms. The maximum absolute atomic E-state index is 14.4. The number of aliphatic hydroxyl groups excluding tert-OH is 1. The molecule has 16 nitrogen and oxygen atoms in total. The smallest absolute Gasteiger partial charge is 0.410 e. The number of fused-ring (bicyclic) bond motifs is 1. The van der Waals surface area contributed by atoms with E-state index < -0.39 is 86.9 Å². The van der Waals surface area contributed by atoms with Gasteiger partial charge in [0.25, 0.3) is 5.91 Å². The van der Waals surface area contributed by atoms with Crippen LogP contribution in [0.1, 0.15) is 62.5 Å². The van der Waals surface area contributed by atoms with Crippen molar-refractivity contribution in [1.29, 1.82) is 0 Å². The second-order valence-corrected chi connectivity index (χ2v) is 16.7. The molecule has 1 aromatic rings. The number of sulfonamides is 1. The maximum Gasteiger partial charge on any atom is 0.410 e. The van der Waals surface area contributed by atoms with Gasteiger partial charge in [0, 0.05) is 31.5 Å². The molecule has 5 amide bonds. The predicted octanol–water partition coefficient (Wildman–Crippen LogP) is 1.39. The highest BCUT2D eigenvalue weighted by Gasteiger charge is 2.61. The summed E-state index contributed by atoms with van der Waals surface area (Å²) in [4.78, 5) is 70.5. The third-order valence-electron chi connectivity index (χ3n) is 10.9. The lowest BCUT2D eigenvalue weighted by atomic mass is 10.1. The van der Waals surface area contributed by atoms with E-state index in [1.54, 1.807) is 12.1 Å². The van der Waals surface area contributed by atoms with Crippen LogP contribution in [0.5, 0.6) is 0 Å². The molecule has 1 aromatic carbocycles. The van der Waals surface area contributed by atoms with Gasteiger partial charge in [-0.2, -0.15) is 0 Å². The lowest BCUT2D eigenvalue weighted by molar-refractivity contribution is -0.138. The van der Waals surface area contributed by atoms with Crippen molar-refractivity contribution in [2.75, 3.05) is 20.1 Å². The molecule has 0 bridgehead atoms. The first kappa shape index (κ1) is 39.2. The van der Waals surface area contributed by atoms with Crippen LogP contribution in [0.15, 0.2) is 43.5 Å². The van der Waals surface area contributed by atoms with E-state index in [-0.39, 0.29) is 45.1 Å². The van der Waals surface area contributed by atoms with Gasteiger partial charge in [0.05, 0.1) is 30.9 Å². The van der Waals surface area contributed by atoms with Gasteiger partial charge in [-0.05, 0) is 62.7 Å². The van der Waals surface area contributed by atoms with Crippen LogP contribution in [0.25, 0.3) is 0 Å². The monoisotopic (exact) mass is 774 g/mol. The van der Waals surface area contributed by atoms with Crippen LogP contribution in [0.3, 0.4) is 0 Å². The van der Waals surface area contributed by atoms with E-state index in [0.717, 1.165) is 18.9 Å². The number of nitrogens with zero attached hydrogens (tertiary/aromatic N) is 3. The summed E-state index contributed by atoms with van der Waals surface area (Å²) in [5, 5.41) is 16.5. The number of amides is 5. The van der Waals surface area contributed by atoms with E-state index >= 15 is 0 Å². The highest BCUT2D eigenvalue weighted by molar-refractivity contribution is 7.91. The van der Waals surface area contributed by atoms with Gasteiger partial charge in [0.1, 0.15) is 35.8 Å². The Bertz CT molecular complexity index is 1800. The Morgan fingerprint density at radius 1 is 1.09 bits per heavy atom. The van der Waals surface area contributed by atoms with Crippen LogP contribution in [-0.4, -0.2) is 120 Å². The lowest BCUT2D eigenvalue weighted by Gasteiger charge is -2.34. The SMILES string of the molecule is C=CC(=O)N(C)C[C@H](NC(=O)OC1CCCC1)C(=O)N1C[C@H](OC(=O)N2Cc3cccc(F)c3C2)CC1C(O)N[C@]1(C(=O)NS(=O)(=O)C2CC2)C[C@H]1C=C. The average molecular weight is 775 g/mol. The Morgan fingerprint density at radius 3 is 2.44 bits per heavy atom. The van der Waals surface area contributed by atoms with Gasteiger partial charge in [-0.15, -0.1) is 6.58 Å². The Kier molecular flexibility index (Phi) is 11.4. The number of hydrogen-bond donors (Lipinski definition) is 4. The highest BCUT2D eigenvalue weighted by atomic mass is 32.2. The number of carbonyl (C=O) groups excluding carboxylic acids is 5. The summed E-state index contributed by atoms with van der Waals surface area (Å²) in [5.74, 6) is -3.19. The molecule has 0 spiro atoms. The first-order chi connectivity index (χ1) is 25.6. The highest BCUT2D eigenvalue weighted by Crippen LogP contribution is 2.46. The van der Waals surface area contributed by atoms with E-state index in [4.69, 9.17) is 9.47 Å². The van der Waals surface area contributed by atoms with E-state index in [0.29, 0.717) is 36.8 Å². The molecule has 18 heteroatoms. The van der Waals surface area contributed by atoms with Crippen molar-refractivity contribution in [2.45, 2.75) is 106 Å². The Labute approximate surface area is 313 Å². The second kappa shape index (κ2) is 15.7. The van der Waals surface area contributed by atoms with Crippen LogP contribution in [0, 0.1) is 11.7 Å². The van der Waals surface area contributed by atoms with Gasteiger partial charge in [-0.1, -0.05) is 24.8 Å². The van der Waals surface area contributed by atoms with Gasteiger partial charge in [0.15, 0.2) is 0 Å². The van der Waals surface area contributed by atoms with Gasteiger partial charge < -0.3 is 29.7 Å². The number of likely N-dealkylation sites (tertiary alicyclic amines) is 1. The number of hydrogen-bond acceptors (Lipinski definition) is 11. The minimum Gasteiger partial charge on any atom is -0.446 e. The van der Waals surface area contributed by atoms with E-state index in [2.05, 4.69) is 28.5 Å². The minimum absolute atomic E-state index is 0.0348. The van der Waals surface area contributed by atoms with Crippen LogP contribution >= 0.6 is 0 Å². The number of ether oxygens (including phenoxy) is 2. The van der Waals surface area contributed by atoms with Gasteiger partial charge >= 0.3 is 12.2 Å². The number of halogens is 1. The molecule has 2 unspecified atom stereocenters. The molecular formula is C36H47FN6O10S. The predicted molar refractivity (Wildman–Crippen MR) is 190 cm³/mol. The van der Waals surface area contributed by atoms with Crippen molar-refractivity contribution in [3.63, 3.8) is 0 Å². The molecule has 5 aliphatic rings. The number of nitrogens with one attached hydrogen (secondary N) is 3. The van der Waals surface area contributed by atoms with Gasteiger partial charge in [-0.25, -0.2) is 22.4 Å². The van der Waals surface area contributed by atoms with Crippen LogP contribution < -0.4 is 15.4 Å². The average Bonchev–Trinajstić information content (AvgIpc) is 3.93. The van der Waals surface area contributed by atoms with Crippen LogP contribution in [0.4, 0.5) is 14.0 Å². The molecule has 4 N–H and O–H groups in total. The topological polar surface area (TPSA) is 204 Å². The third-order valence-corrected chi connectivity index (χ3v) is 12.7. The zero-order valence-corrected chi connectivity index (χ0v) is 30.9. The summed E-state index contributed by atoms with van der Waals surface area (Å²) in [7, 11) is -2.53. The molecule has 2 heterocycles. The lowest BCUT2D eigenvalue weighted by Crippen LogP contribution is -2.61.